The summed E-state index contributed by atoms with van der Waals surface area (Å²) in [6, 6.07) is 0. The van der Waals surface area contributed by atoms with Gasteiger partial charge in [0, 0.05) is 25.3 Å². The van der Waals surface area contributed by atoms with E-state index in [1.165, 1.54) is 0 Å². The van der Waals surface area contributed by atoms with Crippen LogP contribution in [0, 0.1) is 5.92 Å². The summed E-state index contributed by atoms with van der Waals surface area (Å²) < 4.78 is 34.3. The minimum atomic E-state index is -3.02. The second-order valence-electron chi connectivity index (χ2n) is 3.03. The molecule has 11 heavy (non-hydrogen) atoms. The van der Waals surface area contributed by atoms with Crippen LogP contribution in [0.3, 0.4) is 0 Å². The van der Waals surface area contributed by atoms with Gasteiger partial charge in [0.2, 0.25) is 0 Å². The van der Waals surface area contributed by atoms with Gasteiger partial charge >= 0.3 is 0 Å². The Morgan fingerprint density at radius 1 is 1.55 bits per heavy atom. The van der Waals surface area contributed by atoms with E-state index in [2.05, 4.69) is 5.32 Å². The fraction of sp³-hybridized carbons (Fsp3) is 1.00. The summed E-state index contributed by atoms with van der Waals surface area (Å²) in [6.07, 6.45) is 0.141. The lowest BCUT2D eigenvalue weighted by Crippen LogP contribution is -2.22. The van der Waals surface area contributed by atoms with Crippen LogP contribution < -0.4 is 5.32 Å². The molecule has 66 valence electrons. The Kier molecular flexibility index (Phi) is 2.49. The number of alkyl halides is 1. The molecule has 0 aliphatic carbocycles. The molecule has 1 fully saturated rings. The van der Waals surface area contributed by atoms with E-state index in [1.54, 1.807) is 0 Å². The Morgan fingerprint density at radius 3 is 2.55 bits per heavy atom. The van der Waals surface area contributed by atoms with Gasteiger partial charge in [-0.2, -0.15) is 0 Å². The highest BCUT2D eigenvalue weighted by Crippen LogP contribution is 2.14. The fourth-order valence-corrected chi connectivity index (χ4v) is 2.36. The first-order chi connectivity index (χ1) is 4.99. The van der Waals surface area contributed by atoms with Crippen LogP contribution in [-0.2, 0) is 9.84 Å². The smallest absolute Gasteiger partial charge is 0.147 e. The zero-order chi connectivity index (χ0) is 8.48. The van der Waals surface area contributed by atoms with Crippen LogP contribution >= 0.6 is 0 Å². The minimum Gasteiger partial charge on any atom is -0.313 e. The molecule has 1 N–H and O–H groups in total. The van der Waals surface area contributed by atoms with Crippen molar-refractivity contribution in [3.8, 4) is 0 Å². The van der Waals surface area contributed by atoms with Gasteiger partial charge in [0.05, 0.1) is 5.75 Å². The van der Waals surface area contributed by atoms with Gasteiger partial charge in [-0.15, -0.1) is 0 Å². The van der Waals surface area contributed by atoms with Crippen molar-refractivity contribution in [2.24, 2.45) is 5.92 Å². The third-order valence-electron chi connectivity index (χ3n) is 1.77. The quantitative estimate of drug-likeness (QED) is 0.630. The molecule has 2 atom stereocenters. The number of hydrogen-bond donors (Lipinski definition) is 1. The van der Waals surface area contributed by atoms with Crippen molar-refractivity contribution in [2.75, 3.05) is 25.1 Å². The number of halogens is 1. The Bertz CT molecular complexity index is 227. The summed E-state index contributed by atoms with van der Waals surface area (Å²) in [7, 11) is -3.02. The minimum absolute atomic E-state index is 0.0405. The first-order valence-corrected chi connectivity index (χ1v) is 5.57. The van der Waals surface area contributed by atoms with Gasteiger partial charge in [0.15, 0.2) is 0 Å². The molecule has 1 aliphatic heterocycles. The first kappa shape index (κ1) is 8.93. The maximum absolute atomic E-state index is 12.8. The summed E-state index contributed by atoms with van der Waals surface area (Å²) >= 11 is 0. The van der Waals surface area contributed by atoms with Gasteiger partial charge in [0.1, 0.15) is 16.0 Å². The van der Waals surface area contributed by atoms with Crippen molar-refractivity contribution >= 4 is 9.84 Å². The Morgan fingerprint density at radius 2 is 2.18 bits per heavy atom. The first-order valence-electron chi connectivity index (χ1n) is 3.51. The molecule has 0 aromatic carbocycles. The molecule has 0 aromatic rings. The predicted molar refractivity (Wildman–Crippen MR) is 41.0 cm³/mol. The van der Waals surface area contributed by atoms with E-state index in [4.69, 9.17) is 0 Å². The molecule has 0 aromatic heterocycles. The van der Waals surface area contributed by atoms with Gasteiger partial charge < -0.3 is 5.32 Å². The SMILES string of the molecule is CS(=O)(=O)CC1CNCC1F. The molecule has 3 nitrogen and oxygen atoms in total. The maximum atomic E-state index is 12.8. The molecule has 1 saturated heterocycles. The zero-order valence-electron chi connectivity index (χ0n) is 6.38. The Labute approximate surface area is 65.9 Å². The molecular formula is C6H12FNO2S. The second-order valence-corrected chi connectivity index (χ2v) is 5.21. The number of rotatable bonds is 2. The van der Waals surface area contributed by atoms with Crippen LogP contribution in [-0.4, -0.2) is 39.7 Å². The summed E-state index contributed by atoms with van der Waals surface area (Å²) in [5, 5.41) is 2.81. The van der Waals surface area contributed by atoms with Gasteiger partial charge in [-0.3, -0.25) is 0 Å². The lowest BCUT2D eigenvalue weighted by atomic mass is 10.1. The summed E-state index contributed by atoms with van der Waals surface area (Å²) in [6.45, 7) is 0.772. The normalized spacial score (nSPS) is 32.5. The van der Waals surface area contributed by atoms with E-state index in [1.807, 2.05) is 0 Å². The van der Waals surface area contributed by atoms with Gasteiger partial charge in [0.25, 0.3) is 0 Å². The monoisotopic (exact) mass is 181 g/mol. The molecule has 0 radical (unpaired) electrons. The van der Waals surface area contributed by atoms with Crippen LogP contribution in [0.2, 0.25) is 0 Å². The molecule has 0 amide bonds. The predicted octanol–water partition coefficient (Wildman–Crippen LogP) is -0.411. The second kappa shape index (κ2) is 3.06. The van der Waals surface area contributed by atoms with Crippen LogP contribution in [0.25, 0.3) is 0 Å². The van der Waals surface area contributed by atoms with E-state index < -0.39 is 16.0 Å². The number of sulfone groups is 1. The molecule has 1 heterocycles. The lowest BCUT2D eigenvalue weighted by molar-refractivity contribution is 0.299. The molecule has 0 saturated carbocycles. The van der Waals surface area contributed by atoms with Gasteiger partial charge in [-0.1, -0.05) is 0 Å². The summed E-state index contributed by atoms with van der Waals surface area (Å²) in [4.78, 5) is 0. The number of hydrogen-bond acceptors (Lipinski definition) is 3. The van der Waals surface area contributed by atoms with Crippen molar-refractivity contribution in [1.82, 2.24) is 5.32 Å². The van der Waals surface area contributed by atoms with Gasteiger partial charge in [-0.05, 0) is 0 Å². The maximum Gasteiger partial charge on any atom is 0.147 e. The molecule has 0 bridgehead atoms. The van der Waals surface area contributed by atoms with E-state index in [-0.39, 0.29) is 11.7 Å². The molecule has 5 heteroatoms. The third-order valence-corrected chi connectivity index (χ3v) is 2.81. The van der Waals surface area contributed by atoms with Crippen LogP contribution in [0.5, 0.6) is 0 Å². The molecule has 1 aliphatic rings. The zero-order valence-corrected chi connectivity index (χ0v) is 7.20. The van der Waals surface area contributed by atoms with Gasteiger partial charge in [-0.25, -0.2) is 12.8 Å². The third kappa shape index (κ3) is 2.75. The number of nitrogens with one attached hydrogen (secondary N) is 1. The summed E-state index contributed by atoms with van der Waals surface area (Å²) in [5.41, 5.74) is 0. The lowest BCUT2D eigenvalue weighted by Gasteiger charge is -2.08. The van der Waals surface area contributed by atoms with Crippen molar-refractivity contribution < 1.29 is 12.8 Å². The van der Waals surface area contributed by atoms with Crippen LogP contribution in [0.15, 0.2) is 0 Å². The van der Waals surface area contributed by atoms with Crippen LogP contribution in [0.1, 0.15) is 0 Å². The van der Waals surface area contributed by atoms with E-state index in [0.29, 0.717) is 13.1 Å². The van der Waals surface area contributed by atoms with Crippen molar-refractivity contribution in [1.29, 1.82) is 0 Å². The Balaban J connectivity index is 2.50. The standard InChI is InChI=1S/C6H12FNO2S/c1-11(9,10)4-5-2-8-3-6(5)7/h5-6,8H,2-4H2,1H3. The topological polar surface area (TPSA) is 46.2 Å². The fourth-order valence-electron chi connectivity index (χ4n) is 1.25. The molecular weight excluding hydrogens is 169 g/mol. The van der Waals surface area contributed by atoms with Crippen molar-refractivity contribution in [2.45, 2.75) is 6.17 Å². The largest absolute Gasteiger partial charge is 0.313 e. The van der Waals surface area contributed by atoms with Crippen molar-refractivity contribution in [3.05, 3.63) is 0 Å². The van der Waals surface area contributed by atoms with E-state index in [9.17, 15) is 12.8 Å². The summed E-state index contributed by atoms with van der Waals surface area (Å²) in [5.74, 6) is -0.383. The molecule has 2 unspecified atom stereocenters. The van der Waals surface area contributed by atoms with Crippen molar-refractivity contribution in [3.63, 3.8) is 0 Å². The van der Waals surface area contributed by atoms with E-state index >= 15 is 0 Å². The van der Waals surface area contributed by atoms with Crippen LogP contribution in [0.4, 0.5) is 4.39 Å². The average Bonchev–Trinajstić information content (AvgIpc) is 2.12. The van der Waals surface area contributed by atoms with E-state index in [0.717, 1.165) is 6.26 Å². The Hall–Kier alpha value is -0.160. The average molecular weight is 181 g/mol. The highest BCUT2D eigenvalue weighted by molar-refractivity contribution is 7.90. The highest BCUT2D eigenvalue weighted by atomic mass is 32.2. The molecule has 1 rings (SSSR count). The molecule has 0 spiro atoms. The highest BCUT2D eigenvalue weighted by Gasteiger charge is 2.29.